The third-order valence-corrected chi connectivity index (χ3v) is 2.48. The maximum Gasteiger partial charge on any atom is 0.509 e. The Labute approximate surface area is 108 Å². The van der Waals surface area contributed by atoms with Gasteiger partial charge in [0.1, 0.15) is 5.82 Å². The van der Waals surface area contributed by atoms with Crippen molar-refractivity contribution in [3.05, 3.63) is 65.5 Å². The third-order valence-electron chi connectivity index (χ3n) is 2.48. The monoisotopic (exact) mass is 263 g/mol. The van der Waals surface area contributed by atoms with Gasteiger partial charge < -0.3 is 12.9 Å². The summed E-state index contributed by atoms with van der Waals surface area (Å²) in [4.78, 5) is 0. The van der Waals surface area contributed by atoms with Crippen LogP contribution in [0.5, 0.6) is 0 Å². The van der Waals surface area contributed by atoms with Crippen LogP contribution in [0.4, 0.5) is 17.3 Å². The second kappa shape index (κ2) is 5.19. The molecule has 5 heteroatoms. The second-order valence-corrected chi connectivity index (χ2v) is 3.95. The van der Waals surface area contributed by atoms with Gasteiger partial charge in [0, 0.05) is 11.1 Å². The van der Waals surface area contributed by atoms with E-state index in [0.717, 1.165) is 12.1 Å². The maximum atomic E-state index is 12.7. The summed E-state index contributed by atoms with van der Waals surface area (Å²) in [5.74, 6) is 5.12. The summed E-state index contributed by atoms with van der Waals surface area (Å²) in [6, 6.07) is 10.2. The van der Waals surface area contributed by atoms with Crippen LogP contribution in [0.25, 0.3) is 0 Å². The predicted molar refractivity (Wildman–Crippen MR) is 67.5 cm³/mol. The minimum Gasteiger partial charge on any atom is -0.445 e. The van der Waals surface area contributed by atoms with Crippen molar-refractivity contribution in [3.8, 4) is 11.8 Å². The predicted octanol–water partition coefficient (Wildman–Crippen LogP) is 3.28. The Bertz CT molecular complexity index is 616. The number of hydrogen-bond donors (Lipinski definition) is 0. The normalized spacial score (nSPS) is 10.7. The summed E-state index contributed by atoms with van der Waals surface area (Å²) >= 11 is 0. The van der Waals surface area contributed by atoms with Crippen molar-refractivity contribution in [2.24, 2.45) is 0 Å². The zero-order chi connectivity index (χ0) is 13.9. The highest BCUT2D eigenvalue weighted by atomic mass is 19.4. The smallest absolute Gasteiger partial charge is 0.445 e. The highest BCUT2D eigenvalue weighted by Crippen LogP contribution is 2.09. The summed E-state index contributed by atoms with van der Waals surface area (Å²) < 4.78 is 49.9. The highest BCUT2D eigenvalue weighted by Gasteiger charge is 2.24. The first-order chi connectivity index (χ1) is 8.95. The molecular weight excluding hydrogens is 255 g/mol. The number of hydrogen-bond acceptors (Lipinski definition) is 0. The molecule has 2 aromatic rings. The molecule has 0 aliphatic heterocycles. The van der Waals surface area contributed by atoms with Crippen LogP contribution in [0.3, 0.4) is 0 Å². The first-order valence-corrected chi connectivity index (χ1v) is 5.53. The van der Waals surface area contributed by atoms with Gasteiger partial charge in [-0.2, -0.15) is 0 Å². The highest BCUT2D eigenvalue weighted by molar-refractivity contribution is 6.73. The molecule has 0 fully saturated rings. The van der Waals surface area contributed by atoms with Crippen molar-refractivity contribution >= 4 is 12.4 Å². The molecule has 2 rings (SSSR count). The van der Waals surface area contributed by atoms with Crippen molar-refractivity contribution < 1.29 is 17.3 Å². The molecule has 0 spiro atoms. The van der Waals surface area contributed by atoms with Gasteiger partial charge in [-0.25, -0.2) is 4.39 Å². The first-order valence-electron chi connectivity index (χ1n) is 5.53. The molecule has 0 saturated carbocycles. The molecule has 0 aromatic heterocycles. The SMILES string of the molecule is Fc1ccc(C#Cc2ccc([B-](F)(F)F)cc2)cc1. The molecule has 2 aromatic carbocycles. The fraction of sp³-hybridized carbons (Fsp3) is 0. The summed E-state index contributed by atoms with van der Waals surface area (Å²) in [5, 5.41) is 0. The largest absolute Gasteiger partial charge is 0.509 e. The number of halogens is 4. The lowest BCUT2D eigenvalue weighted by atomic mass is 9.80. The molecule has 0 unspecified atom stereocenters. The Kier molecular flexibility index (Phi) is 3.61. The molecule has 0 radical (unpaired) electrons. The van der Waals surface area contributed by atoms with Gasteiger partial charge in [-0.05, 0) is 36.4 Å². The topological polar surface area (TPSA) is 0 Å². The zero-order valence-electron chi connectivity index (χ0n) is 9.71. The van der Waals surface area contributed by atoms with E-state index in [4.69, 9.17) is 0 Å². The quantitative estimate of drug-likeness (QED) is 0.420. The lowest BCUT2D eigenvalue weighted by Crippen LogP contribution is -2.33. The first kappa shape index (κ1) is 13.2. The van der Waals surface area contributed by atoms with E-state index in [1.165, 1.54) is 36.4 Å². The minimum atomic E-state index is -4.97. The summed E-state index contributed by atoms with van der Waals surface area (Å²) in [6.07, 6.45) is 0. The molecule has 96 valence electrons. The van der Waals surface area contributed by atoms with Crippen LogP contribution < -0.4 is 5.46 Å². The van der Waals surface area contributed by atoms with Gasteiger partial charge in [-0.3, -0.25) is 0 Å². The van der Waals surface area contributed by atoms with Crippen LogP contribution in [0, 0.1) is 17.7 Å². The lowest BCUT2D eigenvalue weighted by molar-refractivity contribution is 0.501. The van der Waals surface area contributed by atoms with Crippen molar-refractivity contribution in [1.29, 1.82) is 0 Å². The van der Waals surface area contributed by atoms with E-state index in [1.54, 1.807) is 0 Å². The van der Waals surface area contributed by atoms with E-state index in [-0.39, 0.29) is 5.82 Å². The molecule has 0 amide bonds. The van der Waals surface area contributed by atoms with E-state index in [2.05, 4.69) is 11.8 Å². The summed E-state index contributed by atoms with van der Waals surface area (Å²) in [5.41, 5.74) is 0.436. The summed E-state index contributed by atoms with van der Waals surface area (Å²) in [6.45, 7) is -4.97. The Balaban J connectivity index is 2.19. The maximum absolute atomic E-state index is 12.7. The molecule has 0 aliphatic rings. The van der Waals surface area contributed by atoms with E-state index in [9.17, 15) is 17.3 Å². The van der Waals surface area contributed by atoms with Crippen molar-refractivity contribution in [1.82, 2.24) is 0 Å². The van der Waals surface area contributed by atoms with Gasteiger partial charge in [0.05, 0.1) is 0 Å². The fourth-order valence-electron chi connectivity index (χ4n) is 1.46. The van der Waals surface area contributed by atoms with E-state index in [1.807, 2.05) is 0 Å². The molecule has 0 N–H and O–H groups in total. The lowest BCUT2D eigenvalue weighted by Gasteiger charge is -2.13. The van der Waals surface area contributed by atoms with Crippen LogP contribution in [-0.2, 0) is 0 Å². The zero-order valence-corrected chi connectivity index (χ0v) is 9.71. The number of rotatable bonds is 1. The second-order valence-electron chi connectivity index (χ2n) is 3.95. The van der Waals surface area contributed by atoms with Gasteiger partial charge in [0.25, 0.3) is 0 Å². The molecular formula is C14H8BF4-. The van der Waals surface area contributed by atoms with E-state index >= 15 is 0 Å². The minimum absolute atomic E-state index is 0.359. The van der Waals surface area contributed by atoms with Gasteiger partial charge in [0.15, 0.2) is 0 Å². The Morgan fingerprint density at radius 3 is 1.53 bits per heavy atom. The van der Waals surface area contributed by atoms with Gasteiger partial charge >= 0.3 is 6.98 Å². The molecule has 19 heavy (non-hydrogen) atoms. The number of benzene rings is 2. The van der Waals surface area contributed by atoms with Crippen LogP contribution in [-0.4, -0.2) is 6.98 Å². The van der Waals surface area contributed by atoms with E-state index < -0.39 is 12.4 Å². The Morgan fingerprint density at radius 2 is 1.11 bits per heavy atom. The van der Waals surface area contributed by atoms with Crippen LogP contribution >= 0.6 is 0 Å². The van der Waals surface area contributed by atoms with Crippen LogP contribution in [0.2, 0.25) is 0 Å². The van der Waals surface area contributed by atoms with Gasteiger partial charge in [-0.15, -0.1) is 5.46 Å². The molecule has 0 heterocycles. The van der Waals surface area contributed by atoms with Crippen LogP contribution in [0.15, 0.2) is 48.5 Å². The molecule has 0 nitrogen and oxygen atoms in total. The van der Waals surface area contributed by atoms with Crippen molar-refractivity contribution in [3.63, 3.8) is 0 Å². The van der Waals surface area contributed by atoms with Gasteiger partial charge in [0.2, 0.25) is 0 Å². The van der Waals surface area contributed by atoms with Gasteiger partial charge in [-0.1, -0.05) is 24.0 Å². The van der Waals surface area contributed by atoms with E-state index in [0.29, 0.717) is 11.1 Å². The van der Waals surface area contributed by atoms with Crippen molar-refractivity contribution in [2.75, 3.05) is 0 Å². The Hall–Kier alpha value is -2.22. The average Bonchev–Trinajstić information content (AvgIpc) is 2.37. The van der Waals surface area contributed by atoms with Crippen LogP contribution in [0.1, 0.15) is 11.1 Å². The Morgan fingerprint density at radius 1 is 0.684 bits per heavy atom. The summed E-state index contributed by atoms with van der Waals surface area (Å²) in [7, 11) is 0. The average molecular weight is 263 g/mol. The molecule has 0 saturated heterocycles. The fourth-order valence-corrected chi connectivity index (χ4v) is 1.46. The molecule has 0 atom stereocenters. The molecule has 0 bridgehead atoms. The molecule has 0 aliphatic carbocycles. The van der Waals surface area contributed by atoms with Crippen molar-refractivity contribution in [2.45, 2.75) is 0 Å². The third kappa shape index (κ3) is 3.62. The standard InChI is InChI=1S/C14H8BF4/c16-14-9-5-12(6-10-14)2-1-11-3-7-13(8-4-11)15(17,18)19/h3-10H/q-1.